The van der Waals surface area contributed by atoms with Crippen LogP contribution < -0.4 is 4.80 Å². The van der Waals surface area contributed by atoms with E-state index in [1.165, 1.54) is 17.6 Å². The van der Waals surface area contributed by atoms with E-state index in [-0.39, 0.29) is 10.8 Å². The van der Waals surface area contributed by atoms with E-state index in [2.05, 4.69) is 4.99 Å². The second-order valence-electron chi connectivity index (χ2n) is 5.54. The van der Waals surface area contributed by atoms with Gasteiger partial charge < -0.3 is 4.57 Å². The van der Waals surface area contributed by atoms with Crippen LogP contribution in [-0.4, -0.2) is 37.2 Å². The van der Waals surface area contributed by atoms with Crippen LogP contribution in [-0.2, 0) is 21.2 Å². The fourth-order valence-electron chi connectivity index (χ4n) is 2.26. The van der Waals surface area contributed by atoms with Gasteiger partial charge in [-0.3, -0.25) is 4.79 Å². The highest BCUT2D eigenvalue weighted by atomic mass is 32.2. The molecule has 1 aromatic carbocycles. The topological polar surface area (TPSA) is 68.5 Å². The number of aromatic nitrogens is 1. The van der Waals surface area contributed by atoms with E-state index in [1.54, 1.807) is 30.0 Å². The number of unbranched alkanes of at least 4 members (excludes halogenated alkanes) is 1. The first kappa shape index (κ1) is 19.2. The van der Waals surface area contributed by atoms with Crippen molar-refractivity contribution in [3.05, 3.63) is 23.0 Å². The molecule has 0 N–H and O–H groups in total. The van der Waals surface area contributed by atoms with Crippen molar-refractivity contribution < 1.29 is 13.2 Å². The van der Waals surface area contributed by atoms with E-state index in [0.717, 1.165) is 35.4 Å². The van der Waals surface area contributed by atoms with Crippen LogP contribution in [0.2, 0.25) is 0 Å². The molecule has 2 rings (SSSR count). The number of aryl methyl sites for hydroxylation is 1. The van der Waals surface area contributed by atoms with Crippen LogP contribution in [0.15, 0.2) is 28.1 Å². The van der Waals surface area contributed by atoms with Crippen molar-refractivity contribution in [1.29, 1.82) is 0 Å². The van der Waals surface area contributed by atoms with Crippen molar-refractivity contribution in [2.45, 2.75) is 37.6 Å². The third-order valence-electron chi connectivity index (χ3n) is 3.57. The molecule has 2 aromatic rings. The maximum Gasteiger partial charge on any atom is 0.248 e. The van der Waals surface area contributed by atoms with Crippen LogP contribution in [0, 0.1) is 0 Å². The highest BCUT2D eigenvalue weighted by molar-refractivity contribution is 7.98. The van der Waals surface area contributed by atoms with E-state index in [4.69, 9.17) is 0 Å². The van der Waals surface area contributed by atoms with Gasteiger partial charge in [-0.25, -0.2) is 8.42 Å². The number of hydrogen-bond acceptors (Lipinski definition) is 5. The minimum Gasteiger partial charge on any atom is -0.316 e. The Kier molecular flexibility index (Phi) is 6.65. The van der Waals surface area contributed by atoms with Gasteiger partial charge >= 0.3 is 0 Å². The third kappa shape index (κ3) is 4.70. The zero-order chi connectivity index (χ0) is 17.7. The molecule has 1 aromatic heterocycles. The fraction of sp³-hybridized carbons (Fsp3) is 0.500. The lowest BCUT2D eigenvalue weighted by atomic mass is 10.2. The Morgan fingerprint density at radius 2 is 2.12 bits per heavy atom. The molecule has 0 saturated heterocycles. The van der Waals surface area contributed by atoms with E-state index >= 15 is 0 Å². The van der Waals surface area contributed by atoms with Gasteiger partial charge in [-0.1, -0.05) is 24.7 Å². The number of carbonyl (C=O) groups is 1. The number of rotatable bonds is 7. The smallest absolute Gasteiger partial charge is 0.248 e. The van der Waals surface area contributed by atoms with Gasteiger partial charge in [0.1, 0.15) is 0 Å². The van der Waals surface area contributed by atoms with Gasteiger partial charge in [0.05, 0.1) is 15.1 Å². The number of hydrogen-bond donors (Lipinski definition) is 0. The lowest BCUT2D eigenvalue weighted by molar-refractivity contribution is -0.118. The molecule has 0 aliphatic heterocycles. The number of nitrogens with zero attached hydrogens (tertiary/aromatic N) is 2. The highest BCUT2D eigenvalue weighted by Gasteiger charge is 2.12. The Hall–Kier alpha value is -1.12. The summed E-state index contributed by atoms with van der Waals surface area (Å²) in [5.74, 6) is 0.778. The molecule has 0 atom stereocenters. The number of amides is 1. The molecule has 0 unspecified atom stereocenters. The number of thiazole rings is 1. The van der Waals surface area contributed by atoms with Crippen LogP contribution in [0.3, 0.4) is 0 Å². The first-order valence-electron chi connectivity index (χ1n) is 7.76. The summed E-state index contributed by atoms with van der Waals surface area (Å²) in [5.41, 5.74) is 0.920. The molecule has 5 nitrogen and oxygen atoms in total. The van der Waals surface area contributed by atoms with Crippen LogP contribution in [0.25, 0.3) is 10.2 Å². The van der Waals surface area contributed by atoms with Crippen molar-refractivity contribution in [3.8, 4) is 0 Å². The summed E-state index contributed by atoms with van der Waals surface area (Å²) in [5, 5.41) is 0. The van der Waals surface area contributed by atoms with Crippen LogP contribution in [0.5, 0.6) is 0 Å². The van der Waals surface area contributed by atoms with E-state index in [1.807, 2.05) is 17.7 Å². The molecule has 0 aliphatic rings. The van der Waals surface area contributed by atoms with Gasteiger partial charge in [-0.15, -0.1) is 0 Å². The highest BCUT2D eigenvalue weighted by Crippen LogP contribution is 2.22. The molecule has 8 heteroatoms. The quantitative estimate of drug-likeness (QED) is 0.733. The van der Waals surface area contributed by atoms with Crippen molar-refractivity contribution in [3.63, 3.8) is 0 Å². The predicted octanol–water partition coefficient (Wildman–Crippen LogP) is 3.09. The number of fused-ring (bicyclic) bond motifs is 1. The summed E-state index contributed by atoms with van der Waals surface area (Å²) in [7, 11) is -3.25. The van der Waals surface area contributed by atoms with Crippen LogP contribution in [0.4, 0.5) is 0 Å². The van der Waals surface area contributed by atoms with Crippen molar-refractivity contribution in [1.82, 2.24) is 4.57 Å². The minimum atomic E-state index is -3.25. The average molecular weight is 387 g/mol. The van der Waals surface area contributed by atoms with Gasteiger partial charge in [0.25, 0.3) is 0 Å². The summed E-state index contributed by atoms with van der Waals surface area (Å²) >= 11 is 3.09. The summed E-state index contributed by atoms with van der Waals surface area (Å²) in [4.78, 5) is 17.2. The van der Waals surface area contributed by atoms with E-state index in [9.17, 15) is 13.2 Å². The Balaban J connectivity index is 2.55. The SMILES string of the molecule is CCCCC(=O)N=c1sc2cc(S(C)(=O)=O)ccc2n1CCSC. The van der Waals surface area contributed by atoms with Gasteiger partial charge in [-0.05, 0) is 30.9 Å². The summed E-state index contributed by atoms with van der Waals surface area (Å²) in [6, 6.07) is 5.08. The lowest BCUT2D eigenvalue weighted by Crippen LogP contribution is -2.18. The molecule has 0 radical (unpaired) electrons. The van der Waals surface area contributed by atoms with Gasteiger partial charge in [0.15, 0.2) is 14.6 Å². The van der Waals surface area contributed by atoms with Crippen molar-refractivity contribution in [2.24, 2.45) is 4.99 Å². The first-order chi connectivity index (χ1) is 11.4. The van der Waals surface area contributed by atoms with Gasteiger partial charge in [0.2, 0.25) is 5.91 Å². The van der Waals surface area contributed by atoms with E-state index in [0.29, 0.717) is 11.2 Å². The second-order valence-corrected chi connectivity index (χ2v) is 9.55. The maximum absolute atomic E-state index is 12.0. The first-order valence-corrected chi connectivity index (χ1v) is 11.9. The normalized spacial score (nSPS) is 12.9. The van der Waals surface area contributed by atoms with Gasteiger partial charge in [-0.2, -0.15) is 16.8 Å². The standard InChI is InChI=1S/C16H22N2O3S3/c1-4-5-6-15(19)17-16-18(9-10-22-2)13-8-7-12(24(3,20)21)11-14(13)23-16/h7-8,11H,4-6,9-10H2,1-3H3. The molecule has 0 aliphatic carbocycles. The molecule has 1 amide bonds. The molecular weight excluding hydrogens is 364 g/mol. The molecule has 0 fully saturated rings. The third-order valence-corrected chi connectivity index (χ3v) is 6.31. The zero-order valence-corrected chi connectivity index (χ0v) is 16.6. The molecule has 132 valence electrons. The van der Waals surface area contributed by atoms with Gasteiger partial charge in [0, 0.05) is 25.0 Å². The molecule has 24 heavy (non-hydrogen) atoms. The Bertz CT molecular complexity index is 895. The Morgan fingerprint density at radius 1 is 1.38 bits per heavy atom. The van der Waals surface area contributed by atoms with Crippen molar-refractivity contribution >= 4 is 49.1 Å². The summed E-state index contributed by atoms with van der Waals surface area (Å²) < 4.78 is 26.3. The van der Waals surface area contributed by atoms with E-state index < -0.39 is 9.84 Å². The maximum atomic E-state index is 12.0. The zero-order valence-electron chi connectivity index (χ0n) is 14.1. The Labute approximate surface area is 150 Å². The number of sulfone groups is 1. The predicted molar refractivity (Wildman–Crippen MR) is 101 cm³/mol. The number of thioether (sulfide) groups is 1. The molecule has 1 heterocycles. The summed E-state index contributed by atoms with van der Waals surface area (Å²) in [6.45, 7) is 2.78. The number of benzene rings is 1. The summed E-state index contributed by atoms with van der Waals surface area (Å²) in [6.07, 6.45) is 5.46. The monoisotopic (exact) mass is 386 g/mol. The van der Waals surface area contributed by atoms with Crippen molar-refractivity contribution in [2.75, 3.05) is 18.3 Å². The fourth-order valence-corrected chi connectivity index (χ4v) is 4.46. The van der Waals surface area contributed by atoms with Crippen LogP contribution >= 0.6 is 23.1 Å². The molecule has 0 saturated carbocycles. The second kappa shape index (κ2) is 8.31. The minimum absolute atomic E-state index is 0.121. The number of carbonyl (C=O) groups excluding carboxylic acids is 1. The lowest BCUT2D eigenvalue weighted by Gasteiger charge is -2.04. The molecule has 0 spiro atoms. The molecular formula is C16H22N2O3S3. The average Bonchev–Trinajstić information content (AvgIpc) is 2.86. The van der Waals surface area contributed by atoms with Crippen LogP contribution in [0.1, 0.15) is 26.2 Å². The largest absolute Gasteiger partial charge is 0.316 e. The molecule has 0 bridgehead atoms. The Morgan fingerprint density at radius 3 is 2.75 bits per heavy atom.